The third-order valence-corrected chi connectivity index (χ3v) is 2.87. The number of ether oxygens (including phenoxy) is 2. The fourth-order valence-electron chi connectivity index (χ4n) is 1.89. The van der Waals surface area contributed by atoms with E-state index in [4.69, 9.17) is 9.47 Å². The Kier molecular flexibility index (Phi) is 7.72. The molecule has 0 amide bonds. The van der Waals surface area contributed by atoms with Gasteiger partial charge in [-0.3, -0.25) is 4.79 Å². The summed E-state index contributed by atoms with van der Waals surface area (Å²) in [7, 11) is 0. The van der Waals surface area contributed by atoms with E-state index in [0.29, 0.717) is 6.42 Å². The molecule has 0 radical (unpaired) electrons. The van der Waals surface area contributed by atoms with Crippen LogP contribution in [0.2, 0.25) is 0 Å². The number of carbonyl (C=O) groups is 1. The highest BCUT2D eigenvalue weighted by atomic mass is 16.5. The molecule has 0 saturated carbocycles. The average molecular weight is 240 g/mol. The number of carbonyl (C=O) groups excluding carboxylic acids is 1. The molecule has 0 aromatic carbocycles. The summed E-state index contributed by atoms with van der Waals surface area (Å²) in [6.45, 7) is 3.57. The van der Waals surface area contributed by atoms with Crippen LogP contribution >= 0.6 is 0 Å². The van der Waals surface area contributed by atoms with Crippen LogP contribution in [0.25, 0.3) is 0 Å². The van der Waals surface area contributed by atoms with Gasteiger partial charge in [0.15, 0.2) is 0 Å². The normalized spacial score (nSPS) is 15.5. The Hall–Kier alpha value is -0.830. The van der Waals surface area contributed by atoms with E-state index >= 15 is 0 Å². The summed E-state index contributed by atoms with van der Waals surface area (Å²) < 4.78 is 10.5. The van der Waals surface area contributed by atoms with Crippen molar-refractivity contribution in [1.82, 2.24) is 0 Å². The van der Waals surface area contributed by atoms with Crippen molar-refractivity contribution in [2.45, 2.75) is 58.3 Å². The van der Waals surface area contributed by atoms with E-state index in [1.54, 1.807) is 0 Å². The summed E-state index contributed by atoms with van der Waals surface area (Å²) >= 11 is 0. The van der Waals surface area contributed by atoms with Gasteiger partial charge >= 0.3 is 5.97 Å². The Bertz CT molecular complexity index is 246. The summed E-state index contributed by atoms with van der Waals surface area (Å²) in [5.74, 6) is 0.810. The Morgan fingerprint density at radius 1 is 1.29 bits per heavy atom. The molecule has 0 saturated heterocycles. The Morgan fingerprint density at radius 3 is 2.88 bits per heavy atom. The maximum absolute atomic E-state index is 11.5. The van der Waals surface area contributed by atoms with Crippen LogP contribution in [0.3, 0.4) is 0 Å². The monoisotopic (exact) mass is 240 g/mol. The minimum Gasteiger partial charge on any atom is -0.431 e. The van der Waals surface area contributed by atoms with Crippen LogP contribution in [-0.4, -0.2) is 19.2 Å². The number of unbranched alkanes of at least 4 members (excludes halogenated alkanes) is 2. The lowest BCUT2D eigenvalue weighted by atomic mass is 10.1. The third-order valence-electron chi connectivity index (χ3n) is 2.87. The standard InChI is InChI=1S/C14H24O3/c1-2-16-12-8-4-7-11-14(15)17-13-9-5-3-6-10-13/h9H,2-8,10-12H2,1H3. The molecule has 1 rings (SSSR count). The van der Waals surface area contributed by atoms with Crippen molar-refractivity contribution in [1.29, 1.82) is 0 Å². The van der Waals surface area contributed by atoms with Crippen molar-refractivity contribution < 1.29 is 14.3 Å². The first-order chi connectivity index (χ1) is 8.33. The van der Waals surface area contributed by atoms with Gasteiger partial charge in [-0.25, -0.2) is 0 Å². The smallest absolute Gasteiger partial charge is 0.310 e. The van der Waals surface area contributed by atoms with Crippen molar-refractivity contribution in [3.63, 3.8) is 0 Å². The van der Waals surface area contributed by atoms with E-state index in [0.717, 1.165) is 57.5 Å². The molecule has 0 aromatic rings. The molecular formula is C14H24O3. The molecular weight excluding hydrogens is 216 g/mol. The van der Waals surface area contributed by atoms with Gasteiger partial charge in [-0.15, -0.1) is 0 Å². The van der Waals surface area contributed by atoms with Gasteiger partial charge in [0.2, 0.25) is 0 Å². The van der Waals surface area contributed by atoms with Crippen LogP contribution in [0.4, 0.5) is 0 Å². The molecule has 0 aliphatic heterocycles. The topological polar surface area (TPSA) is 35.5 Å². The highest BCUT2D eigenvalue weighted by Crippen LogP contribution is 2.19. The SMILES string of the molecule is CCOCCCCCC(=O)OC1=CCCCC1. The summed E-state index contributed by atoms with van der Waals surface area (Å²) in [4.78, 5) is 11.5. The lowest BCUT2D eigenvalue weighted by molar-refractivity contribution is -0.140. The van der Waals surface area contributed by atoms with Crippen LogP contribution in [0.5, 0.6) is 0 Å². The van der Waals surface area contributed by atoms with Gasteiger partial charge in [0.05, 0.1) is 0 Å². The van der Waals surface area contributed by atoms with E-state index in [2.05, 4.69) is 6.08 Å². The van der Waals surface area contributed by atoms with E-state index in [9.17, 15) is 4.79 Å². The van der Waals surface area contributed by atoms with Gasteiger partial charge in [0.1, 0.15) is 5.76 Å². The molecule has 0 N–H and O–H groups in total. The summed E-state index contributed by atoms with van der Waals surface area (Å²) in [6.07, 6.45) is 9.90. The zero-order chi connectivity index (χ0) is 12.3. The lowest BCUT2D eigenvalue weighted by Gasteiger charge is -2.12. The van der Waals surface area contributed by atoms with E-state index < -0.39 is 0 Å². The first-order valence-corrected chi connectivity index (χ1v) is 6.80. The first kappa shape index (κ1) is 14.2. The van der Waals surface area contributed by atoms with Gasteiger partial charge in [-0.2, -0.15) is 0 Å². The number of allylic oxidation sites excluding steroid dienone is 2. The molecule has 3 nitrogen and oxygen atoms in total. The minimum absolute atomic E-state index is 0.0745. The summed E-state index contributed by atoms with van der Waals surface area (Å²) in [5, 5.41) is 0. The minimum atomic E-state index is -0.0745. The lowest BCUT2D eigenvalue weighted by Crippen LogP contribution is -2.06. The second-order valence-electron chi connectivity index (χ2n) is 4.40. The molecule has 0 heterocycles. The Labute approximate surface area is 104 Å². The van der Waals surface area contributed by atoms with Gasteiger partial charge in [0.25, 0.3) is 0 Å². The third kappa shape index (κ3) is 7.16. The summed E-state index contributed by atoms with van der Waals surface area (Å²) in [5.41, 5.74) is 0. The molecule has 1 aliphatic rings. The van der Waals surface area contributed by atoms with Crippen LogP contribution in [0.15, 0.2) is 11.8 Å². The van der Waals surface area contributed by atoms with Crippen LogP contribution < -0.4 is 0 Å². The predicted molar refractivity (Wildman–Crippen MR) is 67.6 cm³/mol. The van der Waals surface area contributed by atoms with Crippen LogP contribution in [-0.2, 0) is 14.3 Å². The van der Waals surface area contributed by atoms with Gasteiger partial charge in [-0.05, 0) is 45.1 Å². The number of hydrogen-bond acceptors (Lipinski definition) is 3. The number of esters is 1. The number of rotatable bonds is 8. The maximum Gasteiger partial charge on any atom is 0.310 e. The second kappa shape index (κ2) is 9.23. The van der Waals surface area contributed by atoms with E-state index in [1.165, 1.54) is 6.42 Å². The predicted octanol–water partition coefficient (Wildman–Crippen LogP) is 3.58. The molecule has 0 spiro atoms. The average Bonchev–Trinajstić information content (AvgIpc) is 2.35. The van der Waals surface area contributed by atoms with Crippen LogP contribution in [0.1, 0.15) is 58.3 Å². The molecule has 3 heteroatoms. The zero-order valence-electron chi connectivity index (χ0n) is 10.9. The van der Waals surface area contributed by atoms with Crippen molar-refractivity contribution in [3.8, 4) is 0 Å². The van der Waals surface area contributed by atoms with Gasteiger partial charge in [-0.1, -0.05) is 6.42 Å². The maximum atomic E-state index is 11.5. The molecule has 0 unspecified atom stereocenters. The quantitative estimate of drug-likeness (QED) is 0.480. The molecule has 0 aromatic heterocycles. The first-order valence-electron chi connectivity index (χ1n) is 6.80. The van der Waals surface area contributed by atoms with Crippen molar-refractivity contribution in [2.75, 3.05) is 13.2 Å². The molecule has 98 valence electrons. The highest BCUT2D eigenvalue weighted by Gasteiger charge is 2.09. The fourth-order valence-corrected chi connectivity index (χ4v) is 1.89. The fraction of sp³-hybridized carbons (Fsp3) is 0.786. The summed E-state index contributed by atoms with van der Waals surface area (Å²) in [6, 6.07) is 0. The number of hydrogen-bond donors (Lipinski definition) is 0. The van der Waals surface area contributed by atoms with Crippen molar-refractivity contribution in [2.24, 2.45) is 0 Å². The molecule has 0 atom stereocenters. The molecule has 0 fully saturated rings. The Morgan fingerprint density at radius 2 is 2.18 bits per heavy atom. The van der Waals surface area contributed by atoms with E-state index in [1.807, 2.05) is 6.92 Å². The van der Waals surface area contributed by atoms with Gasteiger partial charge < -0.3 is 9.47 Å². The molecule has 1 aliphatic carbocycles. The second-order valence-corrected chi connectivity index (χ2v) is 4.40. The van der Waals surface area contributed by atoms with Crippen molar-refractivity contribution >= 4 is 5.97 Å². The zero-order valence-corrected chi connectivity index (χ0v) is 10.9. The Balaban J connectivity index is 1.99. The molecule has 0 bridgehead atoms. The molecule has 17 heavy (non-hydrogen) atoms. The highest BCUT2D eigenvalue weighted by molar-refractivity contribution is 5.70. The van der Waals surface area contributed by atoms with Crippen LogP contribution in [0, 0.1) is 0 Å². The van der Waals surface area contributed by atoms with Crippen molar-refractivity contribution in [3.05, 3.63) is 11.8 Å². The van der Waals surface area contributed by atoms with E-state index in [-0.39, 0.29) is 5.97 Å². The van der Waals surface area contributed by atoms with Gasteiger partial charge in [0, 0.05) is 26.1 Å². The largest absolute Gasteiger partial charge is 0.431 e.